The highest BCUT2D eigenvalue weighted by molar-refractivity contribution is 6.05. The molecular weight excluding hydrogens is 328 g/mol. The summed E-state index contributed by atoms with van der Waals surface area (Å²) < 4.78 is 5.21. The van der Waals surface area contributed by atoms with Gasteiger partial charge in [-0.1, -0.05) is 65.8 Å². The van der Waals surface area contributed by atoms with Crippen molar-refractivity contribution >= 4 is 11.8 Å². The zero-order valence-corrected chi connectivity index (χ0v) is 15.0. The van der Waals surface area contributed by atoms with Gasteiger partial charge in [0.15, 0.2) is 0 Å². The van der Waals surface area contributed by atoms with Crippen LogP contribution < -0.4 is 0 Å². The molecule has 0 radical (unpaired) electrons. The topological polar surface area (TPSA) is 51.1 Å². The smallest absolute Gasteiger partial charge is 0.410 e. The number of nitrogens with zero attached hydrogens (tertiary/aromatic N) is 2. The van der Waals surface area contributed by atoms with E-state index in [9.17, 15) is 4.79 Å². The second-order valence-electron chi connectivity index (χ2n) is 6.15. The Labute approximate surface area is 154 Å². The molecule has 0 aromatic heterocycles. The number of benzene rings is 2. The van der Waals surface area contributed by atoms with Gasteiger partial charge < -0.3 is 9.57 Å². The molecule has 1 fully saturated rings. The highest BCUT2D eigenvalue weighted by atomic mass is 16.6. The van der Waals surface area contributed by atoms with Crippen LogP contribution in [0.1, 0.15) is 30.9 Å². The predicted octanol–water partition coefficient (Wildman–Crippen LogP) is 4.23. The Kier molecular flexibility index (Phi) is 6.25. The molecule has 1 saturated heterocycles. The molecule has 0 bridgehead atoms. The molecule has 5 heteroatoms. The van der Waals surface area contributed by atoms with Gasteiger partial charge in [0.05, 0.1) is 12.6 Å². The number of amides is 1. The number of hydrogen-bond acceptors (Lipinski definition) is 4. The first-order valence-corrected chi connectivity index (χ1v) is 9.02. The van der Waals surface area contributed by atoms with Crippen molar-refractivity contribution in [1.82, 2.24) is 4.90 Å². The third kappa shape index (κ3) is 4.42. The van der Waals surface area contributed by atoms with E-state index in [2.05, 4.69) is 5.16 Å². The van der Waals surface area contributed by atoms with E-state index in [0.717, 1.165) is 29.7 Å². The van der Waals surface area contributed by atoms with Gasteiger partial charge in [0.25, 0.3) is 0 Å². The maximum Gasteiger partial charge on any atom is 0.410 e. The van der Waals surface area contributed by atoms with Gasteiger partial charge in [-0.05, 0) is 25.3 Å². The summed E-state index contributed by atoms with van der Waals surface area (Å²) in [7, 11) is 0. The van der Waals surface area contributed by atoms with Gasteiger partial charge in [0.2, 0.25) is 0 Å². The summed E-state index contributed by atoms with van der Waals surface area (Å²) in [5, 5.41) is 4.43. The Morgan fingerprint density at radius 1 is 1.12 bits per heavy atom. The van der Waals surface area contributed by atoms with E-state index < -0.39 is 0 Å². The van der Waals surface area contributed by atoms with Crippen molar-refractivity contribution in [2.45, 2.75) is 32.4 Å². The van der Waals surface area contributed by atoms with Crippen molar-refractivity contribution in [3.8, 4) is 0 Å². The van der Waals surface area contributed by atoms with Crippen LogP contribution in [-0.2, 0) is 16.2 Å². The van der Waals surface area contributed by atoms with Gasteiger partial charge in [-0.3, -0.25) is 4.90 Å². The summed E-state index contributed by atoms with van der Waals surface area (Å²) in [6.07, 6.45) is 1.48. The summed E-state index contributed by atoms with van der Waals surface area (Å²) in [4.78, 5) is 19.7. The van der Waals surface area contributed by atoms with Crippen molar-refractivity contribution in [3.63, 3.8) is 0 Å². The molecule has 2 aromatic rings. The van der Waals surface area contributed by atoms with Gasteiger partial charge in [-0.15, -0.1) is 0 Å². The predicted molar refractivity (Wildman–Crippen MR) is 101 cm³/mol. The molecule has 26 heavy (non-hydrogen) atoms. The van der Waals surface area contributed by atoms with Crippen LogP contribution in [-0.4, -0.2) is 35.9 Å². The fourth-order valence-corrected chi connectivity index (χ4v) is 3.14. The summed E-state index contributed by atoms with van der Waals surface area (Å²) in [5.74, 6) is 0. The average molecular weight is 352 g/mol. The maximum atomic E-state index is 12.3. The second-order valence-corrected chi connectivity index (χ2v) is 6.15. The zero-order valence-electron chi connectivity index (χ0n) is 15.0. The standard InChI is InChI=1S/C21H24N2O3/c1-2-25-21(24)23-15-9-14-19(23)20(18-12-7-4-8-13-18)22-26-16-17-10-5-3-6-11-17/h3-8,10-13,19H,2,9,14-16H2,1H3. The molecule has 1 unspecified atom stereocenters. The number of oxime groups is 1. The highest BCUT2D eigenvalue weighted by Gasteiger charge is 2.34. The lowest BCUT2D eigenvalue weighted by atomic mass is 10.0. The van der Waals surface area contributed by atoms with Crippen molar-refractivity contribution < 1.29 is 14.4 Å². The van der Waals surface area contributed by atoms with Crippen LogP contribution in [0.25, 0.3) is 0 Å². The SMILES string of the molecule is CCOC(=O)N1CCCC1C(=NOCc1ccccc1)c1ccccc1. The summed E-state index contributed by atoms with van der Waals surface area (Å²) in [6.45, 7) is 3.25. The van der Waals surface area contributed by atoms with Crippen LogP contribution in [0.3, 0.4) is 0 Å². The molecule has 0 N–H and O–H groups in total. The minimum absolute atomic E-state index is 0.132. The first-order valence-electron chi connectivity index (χ1n) is 9.02. The molecule has 0 aliphatic carbocycles. The third-order valence-electron chi connectivity index (χ3n) is 4.38. The summed E-state index contributed by atoms with van der Waals surface area (Å²) >= 11 is 0. The summed E-state index contributed by atoms with van der Waals surface area (Å²) in [5.41, 5.74) is 2.78. The number of rotatable bonds is 6. The molecule has 5 nitrogen and oxygen atoms in total. The van der Waals surface area contributed by atoms with Crippen LogP contribution in [0.15, 0.2) is 65.8 Å². The van der Waals surface area contributed by atoms with Gasteiger partial charge in [0, 0.05) is 12.1 Å². The molecule has 1 atom stereocenters. The minimum Gasteiger partial charge on any atom is -0.450 e. The average Bonchev–Trinajstić information content (AvgIpc) is 3.16. The van der Waals surface area contributed by atoms with Crippen LogP contribution in [0, 0.1) is 0 Å². The van der Waals surface area contributed by atoms with Crippen molar-refractivity contribution in [2.24, 2.45) is 5.16 Å². The van der Waals surface area contributed by atoms with E-state index in [1.54, 1.807) is 4.90 Å². The van der Waals surface area contributed by atoms with Gasteiger partial charge in [0.1, 0.15) is 12.3 Å². The Bertz CT molecular complexity index is 731. The largest absolute Gasteiger partial charge is 0.450 e. The minimum atomic E-state index is -0.290. The van der Waals surface area contributed by atoms with E-state index in [1.165, 1.54) is 0 Å². The number of carbonyl (C=O) groups is 1. The van der Waals surface area contributed by atoms with Crippen molar-refractivity contribution in [3.05, 3.63) is 71.8 Å². The van der Waals surface area contributed by atoms with E-state index >= 15 is 0 Å². The molecule has 1 amide bonds. The normalized spacial score (nSPS) is 17.2. The summed E-state index contributed by atoms with van der Waals surface area (Å²) in [6, 6.07) is 19.7. The van der Waals surface area contributed by atoms with Crippen LogP contribution in [0.4, 0.5) is 4.79 Å². The Balaban J connectivity index is 1.81. The molecule has 1 heterocycles. The Morgan fingerprint density at radius 3 is 2.50 bits per heavy atom. The molecule has 0 spiro atoms. The molecule has 136 valence electrons. The molecular formula is C21H24N2O3. The lowest BCUT2D eigenvalue weighted by molar-refractivity contribution is 0.107. The quantitative estimate of drug-likeness (QED) is 0.577. The van der Waals surface area contributed by atoms with Crippen LogP contribution in [0.5, 0.6) is 0 Å². The first-order chi connectivity index (χ1) is 12.8. The molecule has 1 aliphatic heterocycles. The maximum absolute atomic E-state index is 12.3. The molecule has 2 aromatic carbocycles. The monoisotopic (exact) mass is 352 g/mol. The number of likely N-dealkylation sites (tertiary alicyclic amines) is 1. The van der Waals surface area contributed by atoms with Crippen molar-refractivity contribution in [1.29, 1.82) is 0 Å². The Hall–Kier alpha value is -2.82. The molecule has 1 aliphatic rings. The lowest BCUT2D eigenvalue weighted by Gasteiger charge is -2.25. The third-order valence-corrected chi connectivity index (χ3v) is 4.38. The lowest BCUT2D eigenvalue weighted by Crippen LogP contribution is -2.41. The molecule has 0 saturated carbocycles. The van der Waals surface area contributed by atoms with Crippen LogP contribution >= 0.6 is 0 Å². The fourth-order valence-electron chi connectivity index (χ4n) is 3.14. The highest BCUT2D eigenvalue weighted by Crippen LogP contribution is 2.23. The van der Waals surface area contributed by atoms with E-state index in [0.29, 0.717) is 19.8 Å². The van der Waals surface area contributed by atoms with Gasteiger partial charge in [-0.2, -0.15) is 0 Å². The van der Waals surface area contributed by atoms with Crippen molar-refractivity contribution in [2.75, 3.05) is 13.2 Å². The number of hydrogen-bond donors (Lipinski definition) is 0. The Morgan fingerprint density at radius 2 is 1.81 bits per heavy atom. The first kappa shape index (κ1) is 18.0. The second kappa shape index (κ2) is 9.04. The fraction of sp³-hybridized carbons (Fsp3) is 0.333. The number of carbonyl (C=O) groups excluding carboxylic acids is 1. The van der Waals surface area contributed by atoms with E-state index in [4.69, 9.17) is 9.57 Å². The van der Waals surface area contributed by atoms with Gasteiger partial charge in [-0.25, -0.2) is 4.79 Å². The zero-order chi connectivity index (χ0) is 18.2. The number of ether oxygens (including phenoxy) is 1. The van der Waals surface area contributed by atoms with E-state index in [-0.39, 0.29) is 12.1 Å². The molecule has 3 rings (SSSR count). The van der Waals surface area contributed by atoms with Crippen LogP contribution in [0.2, 0.25) is 0 Å². The van der Waals surface area contributed by atoms with Gasteiger partial charge >= 0.3 is 6.09 Å². The van der Waals surface area contributed by atoms with E-state index in [1.807, 2.05) is 67.6 Å².